The van der Waals surface area contributed by atoms with E-state index in [1.165, 1.54) is 0 Å². The molecule has 2 aromatic carbocycles. The number of aromatic hydroxyl groups is 2. The maximum absolute atomic E-state index is 8.63. The van der Waals surface area contributed by atoms with E-state index in [0.717, 1.165) is 0 Å². The summed E-state index contributed by atoms with van der Waals surface area (Å²) in [6.45, 7) is 24.0. The van der Waals surface area contributed by atoms with Gasteiger partial charge >= 0.3 is 0 Å². The van der Waals surface area contributed by atoms with Crippen LogP contribution in [0.4, 0.5) is 0 Å². The van der Waals surface area contributed by atoms with Gasteiger partial charge in [0.05, 0.1) is 0 Å². The molecule has 0 saturated carbocycles. The molecule has 2 N–H and O–H groups in total. The minimum absolute atomic E-state index is 0.322. The van der Waals surface area contributed by atoms with Gasteiger partial charge in [-0.25, -0.2) is 0 Å². The van der Waals surface area contributed by atoms with Crippen molar-refractivity contribution < 1.29 is 10.2 Å². The van der Waals surface area contributed by atoms with Crippen LogP contribution in [0.25, 0.3) is 0 Å². The molecule has 0 amide bonds. The normalized spacial score (nSPS) is 6.00. The largest absolute Gasteiger partial charge is 0.508 e. The fourth-order valence-corrected chi connectivity index (χ4v) is 0.856. The zero-order valence-corrected chi connectivity index (χ0v) is 19.7. The lowest BCUT2D eigenvalue weighted by Gasteiger charge is -1.82. The van der Waals surface area contributed by atoms with E-state index < -0.39 is 0 Å². The van der Waals surface area contributed by atoms with E-state index in [4.69, 9.17) is 10.2 Å². The number of rotatable bonds is 0. The van der Waals surface area contributed by atoms with Crippen LogP contribution in [0.5, 0.6) is 11.5 Å². The van der Waals surface area contributed by atoms with Crippen molar-refractivity contribution in [1.29, 1.82) is 0 Å². The van der Waals surface area contributed by atoms with E-state index >= 15 is 0 Å². The van der Waals surface area contributed by atoms with Crippen LogP contribution in [0.15, 0.2) is 60.7 Å². The average molecular weight is 369 g/mol. The SMILES string of the molecule is CC.CC.CC.CC.CC.CC.Oc1ccccc1.Oc1ccccc1. The first-order chi connectivity index (χ1) is 12.8. The zero-order valence-electron chi connectivity index (χ0n) is 19.7. The summed E-state index contributed by atoms with van der Waals surface area (Å²) in [5, 5.41) is 17.3. The molecule has 0 aliphatic rings. The first-order valence-electron chi connectivity index (χ1n) is 10.3. The lowest BCUT2D eigenvalue weighted by molar-refractivity contribution is 0.475. The average Bonchev–Trinajstić information content (AvgIpc) is 2.78. The molecular formula is C24H48O2. The Kier molecular flexibility index (Phi) is 85.6. The van der Waals surface area contributed by atoms with Crippen molar-refractivity contribution in [1.82, 2.24) is 0 Å². The van der Waals surface area contributed by atoms with Gasteiger partial charge in [0, 0.05) is 0 Å². The highest BCUT2D eigenvalue weighted by Crippen LogP contribution is 2.03. The summed E-state index contributed by atoms with van der Waals surface area (Å²) >= 11 is 0. The monoisotopic (exact) mass is 368 g/mol. The van der Waals surface area contributed by atoms with Gasteiger partial charge in [-0.3, -0.25) is 0 Å². The van der Waals surface area contributed by atoms with Crippen LogP contribution in [-0.2, 0) is 0 Å². The molecule has 2 aromatic rings. The van der Waals surface area contributed by atoms with E-state index in [-0.39, 0.29) is 0 Å². The molecule has 26 heavy (non-hydrogen) atoms. The van der Waals surface area contributed by atoms with Gasteiger partial charge in [0.1, 0.15) is 11.5 Å². The van der Waals surface area contributed by atoms with Crippen molar-refractivity contribution in [3.8, 4) is 11.5 Å². The molecule has 0 aliphatic carbocycles. The Morgan fingerprint density at radius 1 is 0.346 bits per heavy atom. The fraction of sp³-hybridized carbons (Fsp3) is 0.500. The van der Waals surface area contributed by atoms with Gasteiger partial charge in [0.25, 0.3) is 0 Å². The van der Waals surface area contributed by atoms with Crippen LogP contribution in [0, 0.1) is 0 Å². The van der Waals surface area contributed by atoms with Crippen molar-refractivity contribution in [2.24, 2.45) is 0 Å². The molecule has 2 heteroatoms. The molecule has 2 nitrogen and oxygen atoms in total. The van der Waals surface area contributed by atoms with Crippen molar-refractivity contribution in [2.75, 3.05) is 0 Å². The molecule has 0 saturated heterocycles. The van der Waals surface area contributed by atoms with Crippen molar-refractivity contribution in [3.05, 3.63) is 60.7 Å². The Morgan fingerprint density at radius 2 is 0.500 bits per heavy atom. The van der Waals surface area contributed by atoms with Crippen LogP contribution in [-0.4, -0.2) is 10.2 Å². The molecule has 0 fully saturated rings. The molecule has 0 aliphatic heterocycles. The second-order valence-corrected chi connectivity index (χ2v) is 2.67. The maximum atomic E-state index is 8.63. The first-order valence-corrected chi connectivity index (χ1v) is 10.3. The van der Waals surface area contributed by atoms with E-state index in [2.05, 4.69) is 0 Å². The van der Waals surface area contributed by atoms with Gasteiger partial charge < -0.3 is 10.2 Å². The third kappa shape index (κ3) is 49.5. The highest BCUT2D eigenvalue weighted by molar-refractivity contribution is 5.19. The van der Waals surface area contributed by atoms with Gasteiger partial charge in [-0.05, 0) is 24.3 Å². The highest BCUT2D eigenvalue weighted by atomic mass is 16.3. The number of phenols is 2. The van der Waals surface area contributed by atoms with E-state index in [1.807, 2.05) is 95.2 Å². The van der Waals surface area contributed by atoms with Crippen LogP contribution in [0.3, 0.4) is 0 Å². The summed E-state index contributed by atoms with van der Waals surface area (Å²) in [6.07, 6.45) is 0. The molecule has 0 heterocycles. The number of hydrogen-bond acceptors (Lipinski definition) is 2. The minimum Gasteiger partial charge on any atom is -0.508 e. The van der Waals surface area contributed by atoms with Crippen molar-refractivity contribution in [2.45, 2.75) is 83.1 Å². The van der Waals surface area contributed by atoms with Crippen LogP contribution >= 0.6 is 0 Å². The Morgan fingerprint density at radius 3 is 0.577 bits per heavy atom. The second kappa shape index (κ2) is 56.8. The maximum Gasteiger partial charge on any atom is 0.115 e. The van der Waals surface area contributed by atoms with E-state index in [9.17, 15) is 0 Å². The summed E-state index contributed by atoms with van der Waals surface area (Å²) in [5.41, 5.74) is 0. The summed E-state index contributed by atoms with van der Waals surface area (Å²) in [7, 11) is 0. The van der Waals surface area contributed by atoms with Gasteiger partial charge in [0.2, 0.25) is 0 Å². The molecule has 0 atom stereocenters. The number of phenolic OH excluding ortho intramolecular Hbond substituents is 2. The third-order valence-electron chi connectivity index (χ3n) is 1.51. The summed E-state index contributed by atoms with van der Waals surface area (Å²) in [5.74, 6) is 0.644. The lowest BCUT2D eigenvalue weighted by atomic mass is 10.3. The van der Waals surface area contributed by atoms with Crippen molar-refractivity contribution >= 4 is 0 Å². The van der Waals surface area contributed by atoms with Crippen molar-refractivity contribution in [3.63, 3.8) is 0 Å². The Balaban J connectivity index is -0.0000000493. The highest BCUT2D eigenvalue weighted by Gasteiger charge is 1.75. The molecule has 0 bridgehead atoms. The lowest BCUT2D eigenvalue weighted by Crippen LogP contribution is -1.56. The van der Waals surface area contributed by atoms with E-state index in [0.29, 0.717) is 11.5 Å². The first kappa shape index (κ1) is 39.2. The van der Waals surface area contributed by atoms with Crippen LogP contribution in [0.2, 0.25) is 0 Å². The molecular weight excluding hydrogens is 320 g/mol. The molecule has 0 radical (unpaired) electrons. The van der Waals surface area contributed by atoms with Crippen LogP contribution < -0.4 is 0 Å². The minimum atomic E-state index is 0.322. The number of benzene rings is 2. The quantitative estimate of drug-likeness (QED) is 0.487. The molecule has 2 rings (SSSR count). The zero-order chi connectivity index (χ0) is 22.2. The van der Waals surface area contributed by atoms with Gasteiger partial charge in [-0.2, -0.15) is 0 Å². The molecule has 0 spiro atoms. The smallest absolute Gasteiger partial charge is 0.115 e. The Bertz CT molecular complexity index is 308. The predicted octanol–water partition coefficient (Wildman–Crippen LogP) is 8.94. The summed E-state index contributed by atoms with van der Waals surface area (Å²) < 4.78 is 0. The predicted molar refractivity (Wildman–Crippen MR) is 124 cm³/mol. The number of para-hydroxylation sites is 2. The van der Waals surface area contributed by atoms with Gasteiger partial charge in [-0.15, -0.1) is 0 Å². The fourth-order valence-electron chi connectivity index (χ4n) is 0.856. The van der Waals surface area contributed by atoms with Gasteiger partial charge in [0.15, 0.2) is 0 Å². The van der Waals surface area contributed by atoms with E-state index in [1.54, 1.807) is 48.5 Å². The Hall–Kier alpha value is -1.96. The molecule has 156 valence electrons. The third-order valence-corrected chi connectivity index (χ3v) is 1.51. The molecule has 0 unspecified atom stereocenters. The topological polar surface area (TPSA) is 40.5 Å². The van der Waals surface area contributed by atoms with Gasteiger partial charge in [-0.1, -0.05) is 119 Å². The summed E-state index contributed by atoms with van der Waals surface area (Å²) in [4.78, 5) is 0. The standard InChI is InChI=1S/2C6H6O.6C2H6/c2*7-6-4-2-1-3-5-6;6*1-2/h2*1-5,7H;6*1-2H3. The molecule has 0 aromatic heterocycles. The summed E-state index contributed by atoms with van der Waals surface area (Å²) in [6, 6.07) is 17.4. The Labute approximate surface area is 165 Å². The number of hydrogen-bond donors (Lipinski definition) is 2. The van der Waals surface area contributed by atoms with Crippen LogP contribution in [0.1, 0.15) is 83.1 Å². The second-order valence-electron chi connectivity index (χ2n) is 2.67.